The molecule has 0 amide bonds. The van der Waals surface area contributed by atoms with Crippen molar-refractivity contribution in [3.8, 4) is 0 Å². The number of aryl methyl sites for hydroxylation is 2. The molecule has 0 aromatic carbocycles. The lowest BCUT2D eigenvalue weighted by Crippen LogP contribution is -2.46. The van der Waals surface area contributed by atoms with Gasteiger partial charge in [0.05, 0.1) is 5.52 Å². The van der Waals surface area contributed by atoms with Crippen LogP contribution in [0.2, 0.25) is 0 Å². The summed E-state index contributed by atoms with van der Waals surface area (Å²) in [4.78, 5) is 16.6. The number of anilines is 3. The van der Waals surface area contributed by atoms with Crippen molar-refractivity contribution in [2.45, 2.75) is 64.2 Å². The molecule has 6 rings (SSSR count). The molecular formula is C26H30N8. The van der Waals surface area contributed by atoms with E-state index in [1.807, 2.05) is 43.7 Å². The Morgan fingerprint density at radius 2 is 1.91 bits per heavy atom. The van der Waals surface area contributed by atoms with E-state index < -0.39 is 0 Å². The fourth-order valence-electron chi connectivity index (χ4n) is 5.56. The summed E-state index contributed by atoms with van der Waals surface area (Å²) in [5.74, 6) is 2.40. The maximum Gasteiger partial charge on any atom is 0.153 e. The summed E-state index contributed by atoms with van der Waals surface area (Å²) in [7, 11) is 0. The molecule has 2 aliphatic rings. The molecule has 6 heterocycles. The minimum absolute atomic E-state index is 0.390. The number of piperidine rings is 1. The average Bonchev–Trinajstić information content (AvgIpc) is 3.33. The molecule has 4 aromatic heterocycles. The van der Waals surface area contributed by atoms with Crippen LogP contribution in [-0.4, -0.2) is 48.2 Å². The van der Waals surface area contributed by atoms with Gasteiger partial charge in [-0.25, -0.2) is 4.98 Å². The summed E-state index contributed by atoms with van der Waals surface area (Å²) in [6, 6.07) is 11.9. The number of hydrogen-bond acceptors (Lipinski definition) is 7. The van der Waals surface area contributed by atoms with Crippen LogP contribution in [0.3, 0.4) is 0 Å². The first-order chi connectivity index (χ1) is 16.6. The highest BCUT2D eigenvalue weighted by molar-refractivity contribution is 5.92. The molecule has 1 unspecified atom stereocenters. The number of nitrogens with one attached hydrogen (secondary N) is 3. The second kappa shape index (κ2) is 8.68. The minimum Gasteiger partial charge on any atom is -0.367 e. The molecule has 34 heavy (non-hydrogen) atoms. The van der Waals surface area contributed by atoms with Crippen molar-refractivity contribution < 1.29 is 0 Å². The highest BCUT2D eigenvalue weighted by Crippen LogP contribution is 2.38. The van der Waals surface area contributed by atoms with Crippen molar-refractivity contribution in [1.29, 1.82) is 0 Å². The molecule has 2 aliphatic heterocycles. The quantitative estimate of drug-likeness (QED) is 0.388. The van der Waals surface area contributed by atoms with Crippen LogP contribution in [0.25, 0.3) is 10.9 Å². The monoisotopic (exact) mass is 454 g/mol. The highest BCUT2D eigenvalue weighted by atomic mass is 15.2. The number of fused-ring (bicyclic) bond motifs is 3. The van der Waals surface area contributed by atoms with Gasteiger partial charge in [-0.05, 0) is 62.8 Å². The number of aromatic nitrogens is 5. The predicted octanol–water partition coefficient (Wildman–Crippen LogP) is 4.72. The van der Waals surface area contributed by atoms with Crippen LogP contribution in [-0.2, 0) is 6.54 Å². The smallest absolute Gasteiger partial charge is 0.153 e. The molecule has 0 aliphatic carbocycles. The zero-order valence-corrected chi connectivity index (χ0v) is 19.6. The summed E-state index contributed by atoms with van der Waals surface area (Å²) >= 11 is 0. The minimum atomic E-state index is 0.390. The number of aromatic amines is 1. The van der Waals surface area contributed by atoms with E-state index in [1.54, 1.807) is 0 Å². The van der Waals surface area contributed by atoms with E-state index >= 15 is 0 Å². The summed E-state index contributed by atoms with van der Waals surface area (Å²) < 4.78 is 0. The molecule has 0 radical (unpaired) electrons. The molecule has 2 fully saturated rings. The second-order valence-corrected chi connectivity index (χ2v) is 9.73. The van der Waals surface area contributed by atoms with E-state index in [9.17, 15) is 0 Å². The standard InChI is InChI=1S/C26H30N8/c1-16-8-22-23(28-13-16)12-24(30-25-9-17(2)32-33-25)31-26(22)29-19-10-20-5-6-21(11-19)34(20)15-18-4-3-7-27-14-18/h3-4,7-9,12-14,19-21H,5-6,10-11,15H2,1-2H3,(H3,29,30,31,32,33)/t19?,20-,21+. The van der Waals surface area contributed by atoms with Crippen molar-refractivity contribution in [2.24, 2.45) is 0 Å². The number of rotatable bonds is 6. The van der Waals surface area contributed by atoms with Gasteiger partial charge in [0.1, 0.15) is 11.6 Å². The third-order valence-corrected chi connectivity index (χ3v) is 7.09. The van der Waals surface area contributed by atoms with Crippen molar-refractivity contribution in [3.05, 3.63) is 65.7 Å². The molecular weight excluding hydrogens is 424 g/mol. The van der Waals surface area contributed by atoms with Crippen LogP contribution >= 0.6 is 0 Å². The van der Waals surface area contributed by atoms with Gasteiger partial charge in [0.2, 0.25) is 0 Å². The van der Waals surface area contributed by atoms with Crippen LogP contribution in [0.1, 0.15) is 42.5 Å². The van der Waals surface area contributed by atoms with Gasteiger partial charge in [-0.2, -0.15) is 5.10 Å². The van der Waals surface area contributed by atoms with Crippen LogP contribution in [0.5, 0.6) is 0 Å². The molecule has 0 spiro atoms. The Hall–Kier alpha value is -3.52. The van der Waals surface area contributed by atoms with Gasteiger partial charge >= 0.3 is 0 Å². The molecule has 8 nitrogen and oxygen atoms in total. The first-order valence-electron chi connectivity index (χ1n) is 12.1. The Bertz CT molecular complexity index is 1290. The molecule has 4 aromatic rings. The Labute approximate surface area is 199 Å². The van der Waals surface area contributed by atoms with Gasteiger partial charge in [-0.3, -0.25) is 20.0 Å². The van der Waals surface area contributed by atoms with Crippen molar-refractivity contribution in [1.82, 2.24) is 30.0 Å². The maximum atomic E-state index is 4.96. The normalized spacial score (nSPS) is 22.2. The number of nitrogens with zero attached hydrogens (tertiary/aromatic N) is 5. The molecule has 3 atom stereocenters. The van der Waals surface area contributed by atoms with Gasteiger partial charge in [0.15, 0.2) is 5.82 Å². The lowest BCUT2D eigenvalue weighted by Gasteiger charge is -2.39. The lowest BCUT2D eigenvalue weighted by atomic mass is 9.96. The molecule has 0 saturated carbocycles. The average molecular weight is 455 g/mol. The van der Waals surface area contributed by atoms with Crippen LogP contribution < -0.4 is 10.6 Å². The van der Waals surface area contributed by atoms with E-state index in [4.69, 9.17) is 4.98 Å². The van der Waals surface area contributed by atoms with Crippen LogP contribution in [0.15, 0.2) is 48.9 Å². The summed E-state index contributed by atoms with van der Waals surface area (Å²) in [6.45, 7) is 5.05. The second-order valence-electron chi connectivity index (χ2n) is 9.73. The fraction of sp³-hybridized carbons (Fsp3) is 0.385. The maximum absolute atomic E-state index is 4.96. The van der Waals surface area contributed by atoms with Crippen LogP contribution in [0, 0.1) is 13.8 Å². The number of pyridine rings is 3. The van der Waals surface area contributed by atoms with E-state index in [2.05, 4.69) is 54.8 Å². The third-order valence-electron chi connectivity index (χ3n) is 7.09. The van der Waals surface area contributed by atoms with Gasteiger partial charge in [0, 0.05) is 66.5 Å². The molecule has 2 saturated heterocycles. The van der Waals surface area contributed by atoms with Crippen molar-refractivity contribution in [2.75, 3.05) is 10.6 Å². The Morgan fingerprint density at radius 3 is 2.65 bits per heavy atom. The fourth-order valence-corrected chi connectivity index (χ4v) is 5.56. The van der Waals surface area contributed by atoms with E-state index in [0.717, 1.165) is 59.0 Å². The van der Waals surface area contributed by atoms with Gasteiger partial charge < -0.3 is 10.6 Å². The Kier molecular flexibility index (Phi) is 5.37. The van der Waals surface area contributed by atoms with E-state index in [0.29, 0.717) is 18.1 Å². The number of H-pyrrole nitrogens is 1. The van der Waals surface area contributed by atoms with E-state index in [-0.39, 0.29) is 0 Å². The molecule has 3 N–H and O–H groups in total. The summed E-state index contributed by atoms with van der Waals surface area (Å²) in [5, 5.41) is 15.5. The van der Waals surface area contributed by atoms with Gasteiger partial charge in [-0.15, -0.1) is 0 Å². The van der Waals surface area contributed by atoms with Crippen LogP contribution in [0.4, 0.5) is 17.5 Å². The third kappa shape index (κ3) is 4.21. The molecule has 174 valence electrons. The lowest BCUT2D eigenvalue weighted by molar-refractivity contribution is 0.124. The van der Waals surface area contributed by atoms with Gasteiger partial charge in [-0.1, -0.05) is 6.07 Å². The summed E-state index contributed by atoms with van der Waals surface area (Å²) in [6.07, 6.45) is 10.5. The van der Waals surface area contributed by atoms with Crippen molar-refractivity contribution in [3.63, 3.8) is 0 Å². The zero-order valence-electron chi connectivity index (χ0n) is 19.6. The Balaban J connectivity index is 1.24. The van der Waals surface area contributed by atoms with E-state index in [1.165, 1.54) is 18.4 Å². The summed E-state index contributed by atoms with van der Waals surface area (Å²) in [5.41, 5.74) is 4.36. The predicted molar refractivity (Wildman–Crippen MR) is 134 cm³/mol. The molecule has 2 bridgehead atoms. The number of hydrogen-bond donors (Lipinski definition) is 3. The van der Waals surface area contributed by atoms with Crippen molar-refractivity contribution >= 4 is 28.4 Å². The first-order valence-corrected chi connectivity index (χ1v) is 12.1. The zero-order chi connectivity index (χ0) is 23.1. The first kappa shape index (κ1) is 21.0. The largest absolute Gasteiger partial charge is 0.367 e. The van der Waals surface area contributed by atoms with Gasteiger partial charge in [0.25, 0.3) is 0 Å². The highest BCUT2D eigenvalue weighted by Gasteiger charge is 2.40. The Morgan fingerprint density at radius 1 is 1.06 bits per heavy atom. The topological polar surface area (TPSA) is 94.7 Å². The SMILES string of the molecule is Cc1cnc2cc(Nc3cc(C)[nH]n3)nc(NC3C[C@H]4CC[C@@H](C3)N4Cc3cccnc3)c2c1. The molecule has 8 heteroatoms.